The Balaban J connectivity index is 1.70. The smallest absolute Gasteiger partial charge is 0.227 e. The summed E-state index contributed by atoms with van der Waals surface area (Å²) in [5.41, 5.74) is 0.855. The summed E-state index contributed by atoms with van der Waals surface area (Å²) < 4.78 is 6.64. The quantitative estimate of drug-likeness (QED) is 0.862. The largest absolute Gasteiger partial charge is 0.378 e. The van der Waals surface area contributed by atoms with Gasteiger partial charge in [-0.1, -0.05) is 0 Å². The monoisotopic (exact) mass is 341 g/mol. The number of rotatable bonds is 5. The topological polar surface area (TPSA) is 63.2 Å². The molecular formula is C14H20BrN3O2. The van der Waals surface area contributed by atoms with Crippen LogP contribution in [0.25, 0.3) is 0 Å². The van der Waals surface area contributed by atoms with E-state index in [0.717, 1.165) is 36.1 Å². The third-order valence-electron chi connectivity index (χ3n) is 3.26. The van der Waals surface area contributed by atoms with Gasteiger partial charge in [-0.15, -0.1) is 0 Å². The van der Waals surface area contributed by atoms with Gasteiger partial charge in [0.1, 0.15) is 5.82 Å². The Morgan fingerprint density at radius 2 is 2.25 bits per heavy atom. The van der Waals surface area contributed by atoms with Crippen molar-refractivity contribution in [2.24, 2.45) is 0 Å². The van der Waals surface area contributed by atoms with Gasteiger partial charge in [0.05, 0.1) is 24.8 Å². The van der Waals surface area contributed by atoms with E-state index in [-0.39, 0.29) is 12.0 Å². The van der Waals surface area contributed by atoms with Gasteiger partial charge in [0.2, 0.25) is 5.91 Å². The van der Waals surface area contributed by atoms with Crippen molar-refractivity contribution in [2.45, 2.75) is 32.3 Å². The molecular weight excluding hydrogens is 322 g/mol. The third-order valence-corrected chi connectivity index (χ3v) is 4.10. The van der Waals surface area contributed by atoms with Crippen LogP contribution in [0, 0.1) is 6.92 Å². The molecule has 0 unspecified atom stereocenters. The molecule has 1 aromatic heterocycles. The number of halogens is 1. The lowest BCUT2D eigenvalue weighted by atomic mass is 10.1. The van der Waals surface area contributed by atoms with E-state index in [0.29, 0.717) is 18.8 Å². The van der Waals surface area contributed by atoms with Crippen molar-refractivity contribution >= 4 is 27.7 Å². The van der Waals surface area contributed by atoms with Crippen LogP contribution < -0.4 is 10.6 Å². The van der Waals surface area contributed by atoms with Crippen molar-refractivity contribution in [2.75, 3.05) is 25.0 Å². The van der Waals surface area contributed by atoms with Gasteiger partial charge in [0.15, 0.2) is 0 Å². The Morgan fingerprint density at radius 3 is 2.95 bits per heavy atom. The van der Waals surface area contributed by atoms with E-state index in [1.165, 1.54) is 0 Å². The molecule has 0 saturated carbocycles. The molecule has 1 fully saturated rings. The molecule has 0 aliphatic carbocycles. The molecule has 0 bridgehead atoms. The lowest BCUT2D eigenvalue weighted by Crippen LogP contribution is -2.33. The van der Waals surface area contributed by atoms with E-state index in [4.69, 9.17) is 4.74 Å². The highest BCUT2D eigenvalue weighted by Crippen LogP contribution is 2.16. The second-order valence-electron chi connectivity index (χ2n) is 4.88. The molecule has 5 nitrogen and oxygen atoms in total. The number of hydrogen-bond donors (Lipinski definition) is 2. The summed E-state index contributed by atoms with van der Waals surface area (Å²) >= 11 is 3.38. The molecule has 2 rings (SSSR count). The first-order valence-electron chi connectivity index (χ1n) is 6.90. The maximum Gasteiger partial charge on any atom is 0.227 e. The Bertz CT molecular complexity index is 462. The average molecular weight is 342 g/mol. The first-order chi connectivity index (χ1) is 9.65. The molecule has 1 saturated heterocycles. The number of nitrogens with zero attached hydrogens (tertiary/aromatic N) is 1. The van der Waals surface area contributed by atoms with Crippen LogP contribution in [0.15, 0.2) is 16.6 Å². The van der Waals surface area contributed by atoms with Crippen LogP contribution in [0.1, 0.15) is 25.0 Å². The fraction of sp³-hybridized carbons (Fsp3) is 0.571. The van der Waals surface area contributed by atoms with Gasteiger partial charge >= 0.3 is 0 Å². The fourth-order valence-electron chi connectivity index (χ4n) is 2.10. The minimum atomic E-state index is -0.0619. The third kappa shape index (κ3) is 4.85. The lowest BCUT2D eigenvalue weighted by Gasteiger charge is -2.22. The van der Waals surface area contributed by atoms with Gasteiger partial charge in [-0.05, 0) is 60.9 Å². The SMILES string of the molecule is Cc1nc(NC(=O)CCOC2CCNCC2)ccc1Br. The number of carbonyl (C=O) groups excluding carboxylic acids is 1. The molecule has 1 amide bonds. The van der Waals surface area contributed by atoms with Crippen molar-refractivity contribution in [3.8, 4) is 0 Å². The summed E-state index contributed by atoms with van der Waals surface area (Å²) in [4.78, 5) is 16.1. The lowest BCUT2D eigenvalue weighted by molar-refractivity contribution is -0.117. The van der Waals surface area contributed by atoms with Crippen molar-refractivity contribution in [1.82, 2.24) is 10.3 Å². The van der Waals surface area contributed by atoms with Gasteiger partial charge in [-0.25, -0.2) is 4.98 Å². The minimum absolute atomic E-state index is 0.0619. The molecule has 110 valence electrons. The summed E-state index contributed by atoms with van der Waals surface area (Å²) in [7, 11) is 0. The zero-order chi connectivity index (χ0) is 14.4. The summed E-state index contributed by atoms with van der Waals surface area (Å²) in [6.07, 6.45) is 2.70. The second kappa shape index (κ2) is 7.71. The number of pyridine rings is 1. The van der Waals surface area contributed by atoms with E-state index in [2.05, 4.69) is 31.5 Å². The normalized spacial score (nSPS) is 16.1. The van der Waals surface area contributed by atoms with Crippen LogP contribution in [-0.4, -0.2) is 36.7 Å². The summed E-state index contributed by atoms with van der Waals surface area (Å²) in [6, 6.07) is 3.66. The minimum Gasteiger partial charge on any atom is -0.378 e. The zero-order valence-electron chi connectivity index (χ0n) is 11.6. The molecule has 1 aliphatic rings. The van der Waals surface area contributed by atoms with E-state index >= 15 is 0 Å². The van der Waals surface area contributed by atoms with E-state index < -0.39 is 0 Å². The predicted octanol–water partition coefficient (Wildman–Crippen LogP) is 2.25. The van der Waals surface area contributed by atoms with Gasteiger partial charge < -0.3 is 15.4 Å². The van der Waals surface area contributed by atoms with Gasteiger partial charge in [-0.3, -0.25) is 4.79 Å². The number of amides is 1. The van der Waals surface area contributed by atoms with Crippen LogP contribution in [0.3, 0.4) is 0 Å². The van der Waals surface area contributed by atoms with Crippen LogP contribution in [0.5, 0.6) is 0 Å². The van der Waals surface area contributed by atoms with Crippen LogP contribution in [-0.2, 0) is 9.53 Å². The first kappa shape index (κ1) is 15.4. The standard InChI is InChI=1S/C14H20BrN3O2/c1-10-12(15)2-3-13(17-10)18-14(19)6-9-20-11-4-7-16-8-5-11/h2-3,11,16H,4-9H2,1H3,(H,17,18,19). The number of ether oxygens (including phenoxy) is 1. The molecule has 0 aromatic carbocycles. The number of nitrogens with one attached hydrogen (secondary N) is 2. The maximum atomic E-state index is 11.8. The van der Waals surface area contributed by atoms with Crippen LogP contribution >= 0.6 is 15.9 Å². The fourth-order valence-corrected chi connectivity index (χ4v) is 2.32. The number of anilines is 1. The van der Waals surface area contributed by atoms with E-state index in [1.54, 1.807) is 6.07 Å². The second-order valence-corrected chi connectivity index (χ2v) is 5.74. The number of hydrogen-bond acceptors (Lipinski definition) is 4. The summed E-state index contributed by atoms with van der Waals surface area (Å²) in [5, 5.41) is 6.07. The summed E-state index contributed by atoms with van der Waals surface area (Å²) in [6.45, 7) is 4.35. The molecule has 20 heavy (non-hydrogen) atoms. The zero-order valence-corrected chi connectivity index (χ0v) is 13.2. The van der Waals surface area contributed by atoms with Crippen molar-refractivity contribution in [3.63, 3.8) is 0 Å². The Labute approximate surface area is 127 Å². The van der Waals surface area contributed by atoms with Gasteiger partial charge in [-0.2, -0.15) is 0 Å². The van der Waals surface area contributed by atoms with Crippen molar-refractivity contribution in [1.29, 1.82) is 0 Å². The highest BCUT2D eigenvalue weighted by molar-refractivity contribution is 9.10. The molecule has 1 aromatic rings. The molecule has 2 N–H and O–H groups in total. The van der Waals surface area contributed by atoms with E-state index in [9.17, 15) is 4.79 Å². The Hall–Kier alpha value is -0.980. The van der Waals surface area contributed by atoms with Crippen molar-refractivity contribution in [3.05, 3.63) is 22.3 Å². The Kier molecular flexibility index (Phi) is 5.94. The predicted molar refractivity (Wildman–Crippen MR) is 81.8 cm³/mol. The Morgan fingerprint density at radius 1 is 1.50 bits per heavy atom. The number of piperidine rings is 1. The number of aromatic nitrogens is 1. The number of aryl methyl sites for hydroxylation is 1. The number of carbonyl (C=O) groups is 1. The van der Waals surface area contributed by atoms with E-state index in [1.807, 2.05) is 13.0 Å². The highest BCUT2D eigenvalue weighted by Gasteiger charge is 2.13. The molecule has 0 radical (unpaired) electrons. The van der Waals surface area contributed by atoms with Gasteiger partial charge in [0.25, 0.3) is 0 Å². The molecule has 2 heterocycles. The van der Waals surface area contributed by atoms with Crippen LogP contribution in [0.4, 0.5) is 5.82 Å². The van der Waals surface area contributed by atoms with Crippen molar-refractivity contribution < 1.29 is 9.53 Å². The maximum absolute atomic E-state index is 11.8. The average Bonchev–Trinajstić information content (AvgIpc) is 2.44. The molecule has 0 spiro atoms. The molecule has 0 atom stereocenters. The molecule has 1 aliphatic heterocycles. The van der Waals surface area contributed by atoms with Crippen LogP contribution in [0.2, 0.25) is 0 Å². The highest BCUT2D eigenvalue weighted by atomic mass is 79.9. The van der Waals surface area contributed by atoms with Gasteiger partial charge in [0, 0.05) is 4.47 Å². The molecule has 6 heteroatoms. The summed E-state index contributed by atoms with van der Waals surface area (Å²) in [5.74, 6) is 0.519. The first-order valence-corrected chi connectivity index (χ1v) is 7.70.